The third kappa shape index (κ3) is 3.20. The molecule has 80 valence electrons. The lowest BCUT2D eigenvalue weighted by Gasteiger charge is -2.04. The first-order valence-corrected chi connectivity index (χ1v) is 4.62. The summed E-state index contributed by atoms with van der Waals surface area (Å²) in [6.45, 7) is 3.55. The molecule has 0 aromatic heterocycles. The predicted molar refractivity (Wildman–Crippen MR) is 56.0 cm³/mol. The third-order valence-electron chi connectivity index (χ3n) is 2.05. The van der Waals surface area contributed by atoms with Crippen molar-refractivity contribution in [2.24, 2.45) is 0 Å². The van der Waals surface area contributed by atoms with E-state index in [9.17, 15) is 9.18 Å². The van der Waals surface area contributed by atoms with E-state index in [1.807, 2.05) is 0 Å². The summed E-state index contributed by atoms with van der Waals surface area (Å²) in [7, 11) is 1.33. The highest BCUT2D eigenvalue weighted by Gasteiger charge is 2.06. The van der Waals surface area contributed by atoms with Gasteiger partial charge in [-0.25, -0.2) is 4.39 Å². The van der Waals surface area contributed by atoms with Gasteiger partial charge in [-0.15, -0.1) is 6.58 Å². The number of rotatable bonds is 4. The Balaban J connectivity index is 2.86. The minimum atomic E-state index is -0.328. The van der Waals surface area contributed by atoms with Crippen molar-refractivity contribution in [3.63, 3.8) is 0 Å². The number of methoxy groups -OCH3 is 1. The highest BCUT2D eigenvalue weighted by Crippen LogP contribution is 2.12. The van der Waals surface area contributed by atoms with Gasteiger partial charge in [0.15, 0.2) is 0 Å². The van der Waals surface area contributed by atoms with Gasteiger partial charge in [0, 0.05) is 0 Å². The maximum absolute atomic E-state index is 13.2. The van der Waals surface area contributed by atoms with Crippen LogP contribution in [0.3, 0.4) is 0 Å². The number of esters is 1. The zero-order valence-corrected chi connectivity index (χ0v) is 8.63. The minimum Gasteiger partial charge on any atom is -0.469 e. The fraction of sp³-hybridized carbons (Fsp3) is 0.250. The molecular formula is C12H13FO2. The first-order chi connectivity index (χ1) is 7.17. The van der Waals surface area contributed by atoms with Crippen molar-refractivity contribution >= 4 is 5.97 Å². The van der Waals surface area contributed by atoms with E-state index in [2.05, 4.69) is 11.3 Å². The average Bonchev–Trinajstić information content (AvgIpc) is 2.23. The Morgan fingerprint density at radius 1 is 1.60 bits per heavy atom. The van der Waals surface area contributed by atoms with Crippen molar-refractivity contribution in [3.05, 3.63) is 47.8 Å². The molecule has 0 radical (unpaired) electrons. The van der Waals surface area contributed by atoms with Crippen LogP contribution in [0.25, 0.3) is 0 Å². The number of carbonyl (C=O) groups excluding carboxylic acids is 1. The van der Waals surface area contributed by atoms with Crippen molar-refractivity contribution in [1.82, 2.24) is 0 Å². The van der Waals surface area contributed by atoms with Gasteiger partial charge in [0.2, 0.25) is 0 Å². The summed E-state index contributed by atoms with van der Waals surface area (Å²) in [4.78, 5) is 11.0. The molecular weight excluding hydrogens is 195 g/mol. The normalized spacial score (nSPS) is 9.73. The summed E-state index contributed by atoms with van der Waals surface area (Å²) in [5, 5.41) is 0. The van der Waals surface area contributed by atoms with Crippen LogP contribution in [0.4, 0.5) is 4.39 Å². The number of hydrogen-bond donors (Lipinski definition) is 0. The molecule has 0 atom stereocenters. The lowest BCUT2D eigenvalue weighted by atomic mass is 10.1. The molecule has 1 rings (SSSR count). The number of benzene rings is 1. The van der Waals surface area contributed by atoms with Gasteiger partial charge < -0.3 is 4.74 Å². The molecule has 0 N–H and O–H groups in total. The monoisotopic (exact) mass is 208 g/mol. The van der Waals surface area contributed by atoms with Gasteiger partial charge in [-0.1, -0.05) is 18.2 Å². The SMILES string of the molecule is C=CCc1cc(CC(=O)OC)ccc1F. The number of ether oxygens (including phenoxy) is 1. The largest absolute Gasteiger partial charge is 0.469 e. The van der Waals surface area contributed by atoms with Gasteiger partial charge in [-0.2, -0.15) is 0 Å². The Hall–Kier alpha value is -1.64. The molecule has 1 aromatic carbocycles. The molecule has 0 saturated heterocycles. The van der Waals surface area contributed by atoms with Gasteiger partial charge in [-0.05, 0) is 23.6 Å². The standard InChI is InChI=1S/C12H13FO2/c1-3-4-10-7-9(5-6-11(10)13)8-12(14)15-2/h3,5-7H,1,4,8H2,2H3. The quantitative estimate of drug-likeness (QED) is 0.560. The molecule has 15 heavy (non-hydrogen) atoms. The topological polar surface area (TPSA) is 26.3 Å². The third-order valence-corrected chi connectivity index (χ3v) is 2.05. The Morgan fingerprint density at radius 2 is 2.33 bits per heavy atom. The van der Waals surface area contributed by atoms with Gasteiger partial charge in [0.05, 0.1) is 13.5 Å². The summed E-state index contributed by atoms with van der Waals surface area (Å²) in [6.07, 6.45) is 2.25. The molecule has 0 aliphatic carbocycles. The zero-order chi connectivity index (χ0) is 11.3. The van der Waals surface area contributed by atoms with E-state index in [0.717, 1.165) is 5.56 Å². The van der Waals surface area contributed by atoms with Crippen molar-refractivity contribution in [1.29, 1.82) is 0 Å². The maximum atomic E-state index is 13.2. The molecule has 2 nitrogen and oxygen atoms in total. The molecule has 0 amide bonds. The first kappa shape index (κ1) is 11.4. The minimum absolute atomic E-state index is 0.168. The predicted octanol–water partition coefficient (Wildman–Crippen LogP) is 2.27. The summed E-state index contributed by atoms with van der Waals surface area (Å²) in [5.74, 6) is -0.602. The lowest BCUT2D eigenvalue weighted by molar-refractivity contribution is -0.139. The smallest absolute Gasteiger partial charge is 0.309 e. The summed E-state index contributed by atoms with van der Waals surface area (Å²) < 4.78 is 17.7. The molecule has 0 aliphatic rings. The van der Waals surface area contributed by atoms with E-state index in [4.69, 9.17) is 0 Å². The van der Waals surface area contributed by atoms with Crippen LogP contribution >= 0.6 is 0 Å². The van der Waals surface area contributed by atoms with Gasteiger partial charge in [0.25, 0.3) is 0 Å². The fourth-order valence-corrected chi connectivity index (χ4v) is 1.29. The van der Waals surface area contributed by atoms with Crippen LogP contribution in [0.15, 0.2) is 30.9 Å². The van der Waals surface area contributed by atoms with Crippen molar-refractivity contribution in [2.45, 2.75) is 12.8 Å². The van der Waals surface area contributed by atoms with Crippen LogP contribution in [0.5, 0.6) is 0 Å². The second kappa shape index (κ2) is 5.29. The maximum Gasteiger partial charge on any atom is 0.309 e. The Morgan fingerprint density at radius 3 is 2.93 bits per heavy atom. The van der Waals surface area contributed by atoms with E-state index in [1.165, 1.54) is 13.2 Å². The Bertz CT molecular complexity index is 372. The second-order valence-electron chi connectivity index (χ2n) is 3.17. The Labute approximate surface area is 88.4 Å². The van der Waals surface area contributed by atoms with Crippen LogP contribution in [0.2, 0.25) is 0 Å². The van der Waals surface area contributed by atoms with Crippen molar-refractivity contribution in [3.8, 4) is 0 Å². The van der Waals surface area contributed by atoms with E-state index >= 15 is 0 Å². The highest BCUT2D eigenvalue weighted by molar-refractivity contribution is 5.72. The lowest BCUT2D eigenvalue weighted by Crippen LogP contribution is -2.05. The molecule has 0 heterocycles. The van der Waals surface area contributed by atoms with E-state index in [1.54, 1.807) is 18.2 Å². The average molecular weight is 208 g/mol. The molecule has 0 aliphatic heterocycles. The molecule has 0 spiro atoms. The number of halogens is 1. The molecule has 0 unspecified atom stereocenters. The van der Waals surface area contributed by atoms with Crippen LogP contribution in [-0.2, 0) is 22.4 Å². The fourth-order valence-electron chi connectivity index (χ4n) is 1.29. The highest BCUT2D eigenvalue weighted by atomic mass is 19.1. The Kier molecular flexibility index (Phi) is 4.03. The molecule has 0 saturated carbocycles. The van der Waals surface area contributed by atoms with Crippen LogP contribution in [0, 0.1) is 5.82 Å². The number of allylic oxidation sites excluding steroid dienone is 1. The summed E-state index contributed by atoms with van der Waals surface area (Å²) in [6, 6.07) is 4.60. The van der Waals surface area contributed by atoms with Crippen molar-refractivity contribution in [2.75, 3.05) is 7.11 Å². The molecule has 0 fully saturated rings. The summed E-state index contributed by atoms with van der Waals surface area (Å²) in [5.41, 5.74) is 1.30. The second-order valence-corrected chi connectivity index (χ2v) is 3.17. The number of carbonyl (C=O) groups is 1. The first-order valence-electron chi connectivity index (χ1n) is 4.62. The van der Waals surface area contributed by atoms with Gasteiger partial charge >= 0.3 is 5.97 Å². The molecule has 0 bridgehead atoms. The van der Waals surface area contributed by atoms with Crippen LogP contribution in [-0.4, -0.2) is 13.1 Å². The van der Waals surface area contributed by atoms with Crippen molar-refractivity contribution < 1.29 is 13.9 Å². The van der Waals surface area contributed by atoms with Crippen LogP contribution in [0.1, 0.15) is 11.1 Å². The van der Waals surface area contributed by atoms with Gasteiger partial charge in [-0.3, -0.25) is 4.79 Å². The number of hydrogen-bond acceptors (Lipinski definition) is 2. The van der Waals surface area contributed by atoms with E-state index < -0.39 is 0 Å². The van der Waals surface area contributed by atoms with E-state index in [0.29, 0.717) is 12.0 Å². The summed E-state index contributed by atoms with van der Waals surface area (Å²) >= 11 is 0. The van der Waals surface area contributed by atoms with Crippen LogP contribution < -0.4 is 0 Å². The van der Waals surface area contributed by atoms with E-state index in [-0.39, 0.29) is 18.2 Å². The molecule has 3 heteroatoms. The molecule has 1 aromatic rings. The van der Waals surface area contributed by atoms with Gasteiger partial charge in [0.1, 0.15) is 5.82 Å². The zero-order valence-electron chi connectivity index (χ0n) is 8.63.